The number of carbonyl (C=O) groups excluding carboxylic acids is 2. The van der Waals surface area contributed by atoms with E-state index in [1.165, 1.54) is 13.0 Å². The van der Waals surface area contributed by atoms with Gasteiger partial charge in [-0.3, -0.25) is 5.32 Å². The first kappa shape index (κ1) is 19.2. The predicted molar refractivity (Wildman–Crippen MR) is 85.4 cm³/mol. The van der Waals surface area contributed by atoms with E-state index in [1.807, 2.05) is 0 Å². The van der Waals surface area contributed by atoms with Crippen LogP contribution in [0.5, 0.6) is 0 Å². The van der Waals surface area contributed by atoms with Crippen LogP contribution < -0.4 is 5.32 Å². The maximum absolute atomic E-state index is 11.8. The standard InChI is InChI=1S/C14H18ClNO6S/c1-8-10(12(17)21-5)6-9(7-11(8)23(15,19)20)16-13(18)22-14(2,3)4/h6-7H,1-5H3,(H,16,18). The molecule has 0 heterocycles. The molecule has 0 aliphatic rings. The van der Waals surface area contributed by atoms with E-state index in [9.17, 15) is 18.0 Å². The summed E-state index contributed by atoms with van der Waals surface area (Å²) in [6.45, 7) is 6.45. The minimum absolute atomic E-state index is 0.0275. The Labute approximate surface area is 139 Å². The molecule has 0 aromatic heterocycles. The number of hydrogen-bond acceptors (Lipinski definition) is 6. The maximum atomic E-state index is 11.8. The van der Waals surface area contributed by atoms with Gasteiger partial charge in [-0.05, 0) is 45.4 Å². The van der Waals surface area contributed by atoms with Gasteiger partial charge in [-0.1, -0.05) is 0 Å². The molecule has 1 aromatic carbocycles. The Morgan fingerprint density at radius 3 is 2.22 bits per heavy atom. The Balaban J connectivity index is 3.34. The first-order chi connectivity index (χ1) is 10.3. The summed E-state index contributed by atoms with van der Waals surface area (Å²) in [7, 11) is 2.41. The summed E-state index contributed by atoms with van der Waals surface area (Å²) in [5, 5.41) is 2.37. The summed E-state index contributed by atoms with van der Waals surface area (Å²) in [4.78, 5) is 23.3. The number of benzene rings is 1. The van der Waals surface area contributed by atoms with Crippen molar-refractivity contribution in [2.75, 3.05) is 12.4 Å². The number of rotatable bonds is 3. The quantitative estimate of drug-likeness (QED) is 0.654. The molecule has 0 atom stereocenters. The molecule has 0 saturated carbocycles. The van der Waals surface area contributed by atoms with Gasteiger partial charge in [0.15, 0.2) is 0 Å². The van der Waals surface area contributed by atoms with Crippen molar-refractivity contribution in [3.05, 3.63) is 23.3 Å². The Morgan fingerprint density at radius 1 is 1.22 bits per heavy atom. The van der Waals surface area contributed by atoms with Gasteiger partial charge in [0, 0.05) is 16.4 Å². The van der Waals surface area contributed by atoms with Crippen LogP contribution in [-0.4, -0.2) is 33.2 Å². The molecule has 0 fully saturated rings. The summed E-state index contributed by atoms with van der Waals surface area (Å²) in [5.41, 5.74) is -0.590. The lowest BCUT2D eigenvalue weighted by atomic mass is 10.1. The van der Waals surface area contributed by atoms with Gasteiger partial charge in [0.05, 0.1) is 17.6 Å². The second-order valence-electron chi connectivity index (χ2n) is 5.70. The van der Waals surface area contributed by atoms with Crippen LogP contribution in [0.1, 0.15) is 36.7 Å². The SMILES string of the molecule is COC(=O)c1cc(NC(=O)OC(C)(C)C)cc(S(=O)(=O)Cl)c1C. The van der Waals surface area contributed by atoms with E-state index in [-0.39, 0.29) is 21.7 Å². The third-order valence-electron chi connectivity index (χ3n) is 2.67. The largest absolute Gasteiger partial charge is 0.465 e. The van der Waals surface area contributed by atoms with Crippen molar-refractivity contribution in [3.63, 3.8) is 0 Å². The van der Waals surface area contributed by atoms with Gasteiger partial charge in [-0.15, -0.1) is 0 Å². The van der Waals surface area contributed by atoms with Gasteiger partial charge < -0.3 is 9.47 Å². The summed E-state index contributed by atoms with van der Waals surface area (Å²) >= 11 is 0. The Morgan fingerprint density at radius 2 is 1.78 bits per heavy atom. The summed E-state index contributed by atoms with van der Waals surface area (Å²) < 4.78 is 33.0. The highest BCUT2D eigenvalue weighted by Crippen LogP contribution is 2.28. The van der Waals surface area contributed by atoms with E-state index in [0.29, 0.717) is 0 Å². The number of nitrogens with one attached hydrogen (secondary N) is 1. The molecule has 0 saturated heterocycles. The number of esters is 1. The van der Waals surface area contributed by atoms with E-state index in [0.717, 1.165) is 13.2 Å². The van der Waals surface area contributed by atoms with E-state index in [4.69, 9.17) is 15.4 Å². The summed E-state index contributed by atoms with van der Waals surface area (Å²) in [6, 6.07) is 2.44. The lowest BCUT2D eigenvalue weighted by Gasteiger charge is -2.20. The van der Waals surface area contributed by atoms with Crippen LogP contribution in [0.4, 0.5) is 10.5 Å². The predicted octanol–water partition coefficient (Wildman–Crippen LogP) is 3.06. The molecule has 1 rings (SSSR count). The van der Waals surface area contributed by atoms with E-state index in [1.54, 1.807) is 20.8 Å². The van der Waals surface area contributed by atoms with Crippen LogP contribution in [0.2, 0.25) is 0 Å². The average molecular weight is 364 g/mol. The number of carbonyl (C=O) groups is 2. The minimum atomic E-state index is -4.12. The molecule has 0 radical (unpaired) electrons. The lowest BCUT2D eigenvalue weighted by Crippen LogP contribution is -2.27. The zero-order valence-electron chi connectivity index (χ0n) is 13.4. The van der Waals surface area contributed by atoms with Gasteiger partial charge in [0.2, 0.25) is 0 Å². The second-order valence-corrected chi connectivity index (χ2v) is 8.24. The Hall–Kier alpha value is -1.80. The highest BCUT2D eigenvalue weighted by molar-refractivity contribution is 8.13. The molecule has 128 valence electrons. The van der Waals surface area contributed by atoms with Gasteiger partial charge in [-0.25, -0.2) is 18.0 Å². The monoisotopic (exact) mass is 363 g/mol. The fourth-order valence-corrected chi connectivity index (χ4v) is 2.98. The Bertz CT molecular complexity index is 736. The molecule has 0 bridgehead atoms. The molecule has 1 N–H and O–H groups in total. The fourth-order valence-electron chi connectivity index (χ4n) is 1.76. The lowest BCUT2D eigenvalue weighted by molar-refractivity contribution is 0.0595. The number of amides is 1. The van der Waals surface area contributed by atoms with Crippen molar-refractivity contribution >= 4 is 37.5 Å². The van der Waals surface area contributed by atoms with Crippen LogP contribution in [0.3, 0.4) is 0 Å². The Kier molecular flexibility index (Phi) is 5.65. The van der Waals surface area contributed by atoms with Crippen LogP contribution in [0.15, 0.2) is 17.0 Å². The fraction of sp³-hybridized carbons (Fsp3) is 0.429. The first-order valence-electron chi connectivity index (χ1n) is 6.53. The minimum Gasteiger partial charge on any atom is -0.465 e. The van der Waals surface area contributed by atoms with Gasteiger partial charge in [0.1, 0.15) is 5.60 Å². The van der Waals surface area contributed by atoms with Crippen LogP contribution in [0.25, 0.3) is 0 Å². The molecule has 23 heavy (non-hydrogen) atoms. The normalized spacial score (nSPS) is 11.7. The topological polar surface area (TPSA) is 98.8 Å². The van der Waals surface area contributed by atoms with Crippen molar-refractivity contribution in [1.29, 1.82) is 0 Å². The summed E-state index contributed by atoms with van der Waals surface area (Å²) in [5.74, 6) is -0.753. The van der Waals surface area contributed by atoms with E-state index in [2.05, 4.69) is 10.1 Å². The van der Waals surface area contributed by atoms with Crippen molar-refractivity contribution < 1.29 is 27.5 Å². The highest BCUT2D eigenvalue weighted by atomic mass is 35.7. The molecule has 0 aliphatic heterocycles. The molecule has 0 unspecified atom stereocenters. The van der Waals surface area contributed by atoms with Gasteiger partial charge >= 0.3 is 12.1 Å². The van der Waals surface area contributed by atoms with Crippen LogP contribution in [-0.2, 0) is 18.5 Å². The number of methoxy groups -OCH3 is 1. The summed E-state index contributed by atoms with van der Waals surface area (Å²) in [6.07, 6.45) is -0.796. The van der Waals surface area contributed by atoms with Crippen LogP contribution >= 0.6 is 10.7 Å². The van der Waals surface area contributed by atoms with Crippen molar-refractivity contribution in [1.82, 2.24) is 0 Å². The third-order valence-corrected chi connectivity index (χ3v) is 4.12. The molecule has 7 nitrogen and oxygen atoms in total. The molecular weight excluding hydrogens is 346 g/mol. The average Bonchev–Trinajstić information content (AvgIpc) is 2.36. The zero-order valence-corrected chi connectivity index (χ0v) is 15.0. The molecule has 0 spiro atoms. The first-order valence-corrected chi connectivity index (χ1v) is 8.83. The number of anilines is 1. The maximum Gasteiger partial charge on any atom is 0.412 e. The molecule has 1 aromatic rings. The van der Waals surface area contributed by atoms with Crippen molar-refractivity contribution in [2.24, 2.45) is 0 Å². The van der Waals surface area contributed by atoms with Gasteiger partial charge in [-0.2, -0.15) is 0 Å². The molecule has 9 heteroatoms. The van der Waals surface area contributed by atoms with Crippen molar-refractivity contribution in [2.45, 2.75) is 38.2 Å². The number of halogens is 1. The smallest absolute Gasteiger partial charge is 0.412 e. The van der Waals surface area contributed by atoms with E-state index >= 15 is 0 Å². The molecular formula is C14H18ClNO6S. The third kappa shape index (κ3) is 5.40. The zero-order chi connectivity index (χ0) is 18.0. The number of ether oxygens (including phenoxy) is 2. The molecule has 1 amide bonds. The van der Waals surface area contributed by atoms with E-state index < -0.39 is 26.7 Å². The molecule has 0 aliphatic carbocycles. The second kappa shape index (κ2) is 6.76. The van der Waals surface area contributed by atoms with Crippen molar-refractivity contribution in [3.8, 4) is 0 Å². The van der Waals surface area contributed by atoms with Crippen LogP contribution in [0, 0.1) is 6.92 Å². The van der Waals surface area contributed by atoms with Gasteiger partial charge in [0.25, 0.3) is 9.05 Å². The highest BCUT2D eigenvalue weighted by Gasteiger charge is 2.23. The number of hydrogen-bond donors (Lipinski definition) is 1.